The van der Waals surface area contributed by atoms with Gasteiger partial charge in [-0.05, 0) is 60.0 Å². The summed E-state index contributed by atoms with van der Waals surface area (Å²) in [5.41, 5.74) is 0.788. The molecular weight excluding hydrogens is 416 g/mol. The molecule has 3 aliphatic rings. The molecular formula is C15H16Br2N2OS. The summed E-state index contributed by atoms with van der Waals surface area (Å²) in [6, 6.07) is 4.88. The number of halogens is 2. The fourth-order valence-corrected chi connectivity index (χ4v) is 5.33. The highest BCUT2D eigenvalue weighted by Crippen LogP contribution is 2.53. The Kier molecular flexibility index (Phi) is 3.12. The highest BCUT2D eigenvalue weighted by atomic mass is 79.9. The molecule has 3 atom stereocenters. The van der Waals surface area contributed by atoms with Gasteiger partial charge in [0.2, 0.25) is 0 Å². The Morgan fingerprint density at radius 2 is 2.10 bits per heavy atom. The second kappa shape index (κ2) is 4.59. The summed E-state index contributed by atoms with van der Waals surface area (Å²) in [6.07, 6.45) is 2.40. The first-order valence-electron chi connectivity index (χ1n) is 7.19. The van der Waals surface area contributed by atoms with Crippen molar-refractivity contribution in [3.8, 4) is 5.75 Å². The van der Waals surface area contributed by atoms with Crippen LogP contribution in [0.3, 0.4) is 0 Å². The Labute approximate surface area is 146 Å². The molecule has 0 aromatic heterocycles. The van der Waals surface area contributed by atoms with Gasteiger partial charge in [0.1, 0.15) is 5.75 Å². The molecule has 2 fully saturated rings. The highest BCUT2D eigenvalue weighted by molar-refractivity contribution is 9.11. The van der Waals surface area contributed by atoms with Gasteiger partial charge in [0, 0.05) is 22.0 Å². The lowest BCUT2D eigenvalue weighted by Crippen LogP contribution is -2.69. The third-order valence-corrected chi connectivity index (χ3v) is 6.28. The average Bonchev–Trinajstić information content (AvgIpc) is 3.20. The molecule has 3 unspecified atom stereocenters. The zero-order valence-corrected chi connectivity index (χ0v) is 15.8. The van der Waals surface area contributed by atoms with Crippen LogP contribution in [0.1, 0.15) is 38.3 Å². The molecule has 1 N–H and O–H groups in total. The number of nitrogens with zero attached hydrogens (tertiary/aromatic N) is 1. The van der Waals surface area contributed by atoms with Crippen molar-refractivity contribution < 1.29 is 4.74 Å². The quantitative estimate of drug-likeness (QED) is 0.668. The van der Waals surface area contributed by atoms with E-state index in [0.29, 0.717) is 12.0 Å². The molecule has 2 heterocycles. The third kappa shape index (κ3) is 1.98. The SMILES string of the molecule is CC1C2NC(=S)N(C3CC3)C1(C)Oc1c(Br)cc(Br)cc12. The van der Waals surface area contributed by atoms with E-state index in [4.69, 9.17) is 17.0 Å². The van der Waals surface area contributed by atoms with E-state index >= 15 is 0 Å². The summed E-state index contributed by atoms with van der Waals surface area (Å²) in [5.74, 6) is 1.25. The van der Waals surface area contributed by atoms with E-state index in [0.717, 1.165) is 19.8 Å². The van der Waals surface area contributed by atoms with Crippen molar-refractivity contribution in [1.29, 1.82) is 0 Å². The maximum absolute atomic E-state index is 6.50. The zero-order chi connectivity index (χ0) is 14.9. The van der Waals surface area contributed by atoms with Gasteiger partial charge in [-0.25, -0.2) is 0 Å². The van der Waals surface area contributed by atoms with Crippen molar-refractivity contribution in [2.45, 2.75) is 44.5 Å². The first-order valence-corrected chi connectivity index (χ1v) is 9.19. The minimum atomic E-state index is -0.377. The lowest BCUT2D eigenvalue weighted by atomic mass is 9.81. The summed E-state index contributed by atoms with van der Waals surface area (Å²) in [4.78, 5) is 2.28. The minimum absolute atomic E-state index is 0.190. The number of rotatable bonds is 1. The predicted octanol–water partition coefficient (Wildman–Crippen LogP) is 4.35. The first-order chi connectivity index (χ1) is 9.91. The molecule has 1 saturated heterocycles. The molecule has 1 saturated carbocycles. The smallest absolute Gasteiger partial charge is 0.187 e. The fourth-order valence-electron chi connectivity index (χ4n) is 3.53. The maximum Gasteiger partial charge on any atom is 0.187 e. The minimum Gasteiger partial charge on any atom is -0.466 e. The van der Waals surface area contributed by atoms with Crippen molar-refractivity contribution in [2.75, 3.05) is 0 Å². The second-order valence-corrected chi connectivity index (χ2v) is 8.44. The molecule has 1 aromatic rings. The summed E-state index contributed by atoms with van der Waals surface area (Å²) in [5, 5.41) is 4.36. The average molecular weight is 432 g/mol. The second-order valence-electron chi connectivity index (χ2n) is 6.28. The fraction of sp³-hybridized carbons (Fsp3) is 0.533. The third-order valence-electron chi connectivity index (χ3n) is 4.91. The van der Waals surface area contributed by atoms with Crippen LogP contribution in [0.25, 0.3) is 0 Å². The van der Waals surface area contributed by atoms with E-state index in [9.17, 15) is 0 Å². The monoisotopic (exact) mass is 430 g/mol. The Morgan fingerprint density at radius 3 is 2.76 bits per heavy atom. The summed E-state index contributed by atoms with van der Waals surface area (Å²) in [6.45, 7) is 4.42. The van der Waals surface area contributed by atoms with Gasteiger partial charge in [0.15, 0.2) is 10.8 Å². The van der Waals surface area contributed by atoms with Crippen LogP contribution in [0, 0.1) is 5.92 Å². The van der Waals surface area contributed by atoms with Crippen LogP contribution >= 0.6 is 44.1 Å². The number of thiocarbonyl (C=S) groups is 1. The molecule has 3 nitrogen and oxygen atoms in total. The molecule has 0 spiro atoms. The van der Waals surface area contributed by atoms with E-state index in [1.165, 1.54) is 18.4 Å². The Bertz CT molecular complexity index is 649. The van der Waals surface area contributed by atoms with E-state index in [2.05, 4.69) is 62.0 Å². The molecule has 1 aromatic carbocycles. The van der Waals surface area contributed by atoms with Crippen LogP contribution in [0.2, 0.25) is 0 Å². The molecule has 112 valence electrons. The number of benzene rings is 1. The van der Waals surface area contributed by atoms with Gasteiger partial charge in [-0.3, -0.25) is 0 Å². The van der Waals surface area contributed by atoms with E-state index in [1.807, 2.05) is 6.07 Å². The predicted molar refractivity (Wildman–Crippen MR) is 93.4 cm³/mol. The molecule has 4 rings (SSSR count). The van der Waals surface area contributed by atoms with Gasteiger partial charge in [-0.15, -0.1) is 0 Å². The van der Waals surface area contributed by atoms with Gasteiger partial charge < -0.3 is 15.0 Å². The van der Waals surface area contributed by atoms with Crippen molar-refractivity contribution in [3.05, 3.63) is 26.6 Å². The molecule has 0 radical (unpaired) electrons. The van der Waals surface area contributed by atoms with Gasteiger partial charge >= 0.3 is 0 Å². The number of ether oxygens (including phenoxy) is 1. The normalized spacial score (nSPS) is 34.1. The number of hydrogen-bond acceptors (Lipinski definition) is 2. The Morgan fingerprint density at radius 1 is 1.38 bits per heavy atom. The van der Waals surface area contributed by atoms with Gasteiger partial charge in [0.05, 0.1) is 10.5 Å². The zero-order valence-electron chi connectivity index (χ0n) is 11.8. The largest absolute Gasteiger partial charge is 0.466 e. The van der Waals surface area contributed by atoms with Crippen molar-refractivity contribution in [3.63, 3.8) is 0 Å². The Hall–Kier alpha value is -0.330. The van der Waals surface area contributed by atoms with E-state index in [1.54, 1.807) is 0 Å². The van der Waals surface area contributed by atoms with Crippen molar-refractivity contribution in [1.82, 2.24) is 10.2 Å². The lowest BCUT2D eigenvalue weighted by molar-refractivity contribution is -0.114. The van der Waals surface area contributed by atoms with Crippen LogP contribution in [0.15, 0.2) is 21.1 Å². The van der Waals surface area contributed by atoms with Crippen molar-refractivity contribution >= 4 is 49.2 Å². The molecule has 0 amide bonds. The van der Waals surface area contributed by atoms with Crippen LogP contribution in [-0.2, 0) is 0 Å². The lowest BCUT2D eigenvalue weighted by Gasteiger charge is -2.56. The molecule has 1 aliphatic carbocycles. The molecule has 2 bridgehead atoms. The summed E-state index contributed by atoms with van der Waals surface area (Å²) < 4.78 is 8.54. The number of nitrogens with one attached hydrogen (secondary N) is 1. The van der Waals surface area contributed by atoms with Crippen LogP contribution in [-0.4, -0.2) is 21.8 Å². The van der Waals surface area contributed by atoms with Crippen LogP contribution in [0.4, 0.5) is 0 Å². The van der Waals surface area contributed by atoms with Gasteiger partial charge in [-0.1, -0.05) is 22.9 Å². The van der Waals surface area contributed by atoms with Crippen molar-refractivity contribution in [2.24, 2.45) is 5.92 Å². The van der Waals surface area contributed by atoms with Gasteiger partial charge in [0.25, 0.3) is 0 Å². The van der Waals surface area contributed by atoms with Crippen LogP contribution < -0.4 is 10.1 Å². The first kappa shape index (κ1) is 14.3. The highest BCUT2D eigenvalue weighted by Gasteiger charge is 2.57. The van der Waals surface area contributed by atoms with E-state index in [-0.39, 0.29) is 11.8 Å². The topological polar surface area (TPSA) is 24.5 Å². The van der Waals surface area contributed by atoms with Gasteiger partial charge in [-0.2, -0.15) is 0 Å². The maximum atomic E-state index is 6.50. The Balaban J connectivity index is 1.88. The molecule has 21 heavy (non-hydrogen) atoms. The molecule has 2 aliphatic heterocycles. The number of fused-ring (bicyclic) bond motifs is 4. The van der Waals surface area contributed by atoms with Crippen LogP contribution in [0.5, 0.6) is 5.75 Å². The number of hydrogen-bond donors (Lipinski definition) is 1. The van der Waals surface area contributed by atoms with E-state index < -0.39 is 0 Å². The standard InChI is InChI=1S/C15H16Br2N2OS/c1-7-12-10-5-8(16)6-11(17)13(10)20-15(7,2)19(9-3-4-9)14(21)18-12/h5-7,9,12H,3-4H2,1-2H3,(H,18,21). The summed E-state index contributed by atoms with van der Waals surface area (Å²) >= 11 is 12.8. The summed E-state index contributed by atoms with van der Waals surface area (Å²) in [7, 11) is 0. The molecule has 6 heteroatoms.